The molecular formula is C24H31ClN2O4SSi. The zero-order valence-electron chi connectivity index (χ0n) is 19.7. The molecule has 0 fully saturated rings. The lowest BCUT2D eigenvalue weighted by Crippen LogP contribution is -2.41. The minimum absolute atomic E-state index is 0.0103. The fourth-order valence-electron chi connectivity index (χ4n) is 3.27. The number of carbonyl (C=O) groups excluding carboxylic acids is 1. The maximum atomic E-state index is 12.9. The van der Waals surface area contributed by atoms with Crippen LogP contribution >= 0.6 is 11.6 Å². The van der Waals surface area contributed by atoms with Gasteiger partial charge in [-0.2, -0.15) is 8.42 Å². The summed E-state index contributed by atoms with van der Waals surface area (Å²) < 4.78 is 35.3. The van der Waals surface area contributed by atoms with Gasteiger partial charge in [-0.1, -0.05) is 62.7 Å². The van der Waals surface area contributed by atoms with Crippen LogP contribution in [0.2, 0.25) is 23.2 Å². The fraction of sp³-hybridized carbons (Fsp3) is 0.417. The van der Waals surface area contributed by atoms with E-state index in [1.807, 2.05) is 30.3 Å². The molecule has 0 aromatic heterocycles. The molecule has 0 radical (unpaired) electrons. The number of hydrogen-bond acceptors (Lipinski definition) is 5. The van der Waals surface area contributed by atoms with Gasteiger partial charge in [0.15, 0.2) is 19.9 Å². The quantitative estimate of drug-likeness (QED) is 0.443. The number of hydrogen-bond donors (Lipinski definition) is 1. The third-order valence-corrected chi connectivity index (χ3v) is 12.4. The van der Waals surface area contributed by atoms with E-state index in [1.54, 1.807) is 6.07 Å². The number of rotatable bonds is 8. The Labute approximate surface area is 202 Å². The molecule has 1 heterocycles. The molecule has 1 atom stereocenters. The van der Waals surface area contributed by atoms with E-state index in [-0.39, 0.29) is 38.9 Å². The van der Waals surface area contributed by atoms with Gasteiger partial charge in [0.05, 0.1) is 5.69 Å². The van der Waals surface area contributed by atoms with Crippen LogP contribution in [0.1, 0.15) is 45.1 Å². The topological polar surface area (TPSA) is 84.8 Å². The van der Waals surface area contributed by atoms with Crippen molar-refractivity contribution in [3.8, 4) is 0 Å². The number of halogens is 1. The highest BCUT2D eigenvalue weighted by molar-refractivity contribution is 7.90. The van der Waals surface area contributed by atoms with Crippen LogP contribution in [-0.2, 0) is 19.2 Å². The van der Waals surface area contributed by atoms with Crippen LogP contribution < -0.4 is 5.32 Å². The van der Waals surface area contributed by atoms with E-state index in [2.05, 4.69) is 43.6 Å². The number of Topliss-reactive ketones (excluding diaryl/α,β-unsaturated/α-hetero) is 1. The van der Waals surface area contributed by atoms with Gasteiger partial charge in [0.2, 0.25) is 0 Å². The number of ketones is 1. The van der Waals surface area contributed by atoms with Crippen molar-refractivity contribution in [1.29, 1.82) is 0 Å². The van der Waals surface area contributed by atoms with Crippen LogP contribution in [0.3, 0.4) is 0 Å². The molecule has 9 heteroatoms. The number of carbonyl (C=O) groups is 1. The van der Waals surface area contributed by atoms with E-state index in [9.17, 15) is 13.2 Å². The van der Waals surface area contributed by atoms with Crippen molar-refractivity contribution < 1.29 is 17.6 Å². The minimum atomic E-state index is -3.99. The van der Waals surface area contributed by atoms with Crippen molar-refractivity contribution in [2.75, 3.05) is 11.9 Å². The first-order chi connectivity index (χ1) is 15.3. The molecule has 2 aromatic rings. The summed E-state index contributed by atoms with van der Waals surface area (Å²) in [5, 5.41) is 3.22. The number of nitrogens with one attached hydrogen (secondary N) is 1. The molecule has 6 nitrogen and oxygen atoms in total. The molecule has 1 aliphatic heterocycles. The Morgan fingerprint density at radius 3 is 2.45 bits per heavy atom. The molecule has 33 heavy (non-hydrogen) atoms. The summed E-state index contributed by atoms with van der Waals surface area (Å²) in [6, 6.07) is 14.4. The average molecular weight is 507 g/mol. The molecule has 0 spiro atoms. The summed E-state index contributed by atoms with van der Waals surface area (Å²) in [4.78, 5) is 12.9. The van der Waals surface area contributed by atoms with Crippen molar-refractivity contribution in [3.05, 3.63) is 59.1 Å². The van der Waals surface area contributed by atoms with E-state index in [0.29, 0.717) is 18.7 Å². The number of fused-ring (bicyclic) bond motifs is 1. The van der Waals surface area contributed by atoms with Crippen LogP contribution in [-0.4, -0.2) is 35.0 Å². The second-order valence-corrected chi connectivity index (χ2v) is 16.6. The molecule has 2 aromatic carbocycles. The molecular weight excluding hydrogens is 476 g/mol. The van der Waals surface area contributed by atoms with Crippen LogP contribution in [0.25, 0.3) is 0 Å². The normalized spacial score (nSPS) is 16.4. The Kier molecular flexibility index (Phi) is 7.53. The van der Waals surface area contributed by atoms with E-state index in [0.717, 1.165) is 5.56 Å². The van der Waals surface area contributed by atoms with E-state index < -0.39 is 18.3 Å². The highest BCUT2D eigenvalue weighted by Crippen LogP contribution is 2.38. The summed E-state index contributed by atoms with van der Waals surface area (Å²) >= 11 is 5.92. The minimum Gasteiger partial charge on any atom is -0.416 e. The Hall–Kier alpha value is -2.00. The predicted octanol–water partition coefficient (Wildman–Crippen LogP) is 6.01. The zero-order chi connectivity index (χ0) is 24.4. The first-order valence-corrected chi connectivity index (χ1v) is 15.7. The van der Waals surface area contributed by atoms with Gasteiger partial charge >= 0.3 is 0 Å². The molecule has 0 saturated heterocycles. The van der Waals surface area contributed by atoms with Gasteiger partial charge in [-0.15, -0.1) is 4.40 Å². The number of sulfonamides is 1. The third-order valence-electron chi connectivity index (χ3n) is 6.39. The SMILES string of the molecule is CC(C)(C)[Si](C)(C)OCC(CCC(=O)C1=NS(=O)(=O)c2cc(Cl)ccc2N1)c1ccccc1. The molecule has 1 unspecified atom stereocenters. The molecule has 0 bridgehead atoms. The van der Waals surface area contributed by atoms with E-state index >= 15 is 0 Å². The van der Waals surface area contributed by atoms with Gasteiger partial charge in [-0.25, -0.2) is 0 Å². The molecule has 1 N–H and O–H groups in total. The highest BCUT2D eigenvalue weighted by atomic mass is 35.5. The van der Waals surface area contributed by atoms with Gasteiger partial charge in [-0.05, 0) is 48.3 Å². The Morgan fingerprint density at radius 1 is 1.15 bits per heavy atom. The fourth-order valence-corrected chi connectivity index (χ4v) is 5.72. The second-order valence-electron chi connectivity index (χ2n) is 9.82. The van der Waals surface area contributed by atoms with Crippen LogP contribution in [0.5, 0.6) is 0 Å². The first-order valence-electron chi connectivity index (χ1n) is 10.9. The number of nitrogens with zero attached hydrogens (tertiary/aromatic N) is 1. The van der Waals surface area contributed by atoms with Crippen LogP contribution in [0, 0.1) is 0 Å². The molecule has 3 rings (SSSR count). The van der Waals surface area contributed by atoms with Crippen LogP contribution in [0.4, 0.5) is 5.69 Å². The molecule has 1 aliphatic rings. The number of amidine groups is 1. The van der Waals surface area contributed by atoms with E-state index in [4.69, 9.17) is 16.0 Å². The zero-order valence-corrected chi connectivity index (χ0v) is 22.3. The first kappa shape index (κ1) is 25.6. The maximum Gasteiger partial charge on any atom is 0.286 e. The van der Waals surface area contributed by atoms with Gasteiger partial charge in [0.25, 0.3) is 10.0 Å². The lowest BCUT2D eigenvalue weighted by Gasteiger charge is -2.37. The lowest BCUT2D eigenvalue weighted by molar-refractivity contribution is -0.113. The smallest absolute Gasteiger partial charge is 0.286 e. The molecule has 0 amide bonds. The lowest BCUT2D eigenvalue weighted by atomic mass is 9.94. The Morgan fingerprint density at radius 2 is 1.82 bits per heavy atom. The predicted molar refractivity (Wildman–Crippen MR) is 136 cm³/mol. The monoisotopic (exact) mass is 506 g/mol. The number of anilines is 1. The van der Waals surface area contributed by atoms with Gasteiger partial charge in [0.1, 0.15) is 4.90 Å². The Balaban J connectivity index is 1.75. The summed E-state index contributed by atoms with van der Waals surface area (Å²) in [5.74, 6) is -0.509. The summed E-state index contributed by atoms with van der Waals surface area (Å²) in [5.41, 5.74) is 1.40. The average Bonchev–Trinajstić information content (AvgIpc) is 2.73. The van der Waals surface area contributed by atoms with Crippen molar-refractivity contribution >= 4 is 47.2 Å². The molecule has 0 aliphatic carbocycles. The second kappa shape index (κ2) is 9.70. The number of benzene rings is 2. The van der Waals surface area contributed by atoms with Crippen molar-refractivity contribution in [2.24, 2.45) is 4.40 Å². The van der Waals surface area contributed by atoms with Crippen molar-refractivity contribution in [3.63, 3.8) is 0 Å². The van der Waals surface area contributed by atoms with Crippen LogP contribution in [0.15, 0.2) is 57.8 Å². The van der Waals surface area contributed by atoms with Crippen molar-refractivity contribution in [1.82, 2.24) is 0 Å². The van der Waals surface area contributed by atoms with Gasteiger partial charge < -0.3 is 9.74 Å². The maximum absolute atomic E-state index is 12.9. The van der Waals surface area contributed by atoms with Gasteiger partial charge in [-0.3, -0.25) is 4.79 Å². The van der Waals surface area contributed by atoms with Gasteiger partial charge in [0, 0.05) is 24.0 Å². The molecule has 0 saturated carbocycles. The largest absolute Gasteiger partial charge is 0.416 e. The van der Waals surface area contributed by atoms with E-state index in [1.165, 1.54) is 12.1 Å². The molecule has 178 valence electrons. The standard InChI is InChI=1S/C24H31ClN2O4SSi/c1-24(2,3)33(4,5)31-16-18(17-9-7-6-8-10-17)11-14-21(28)23-26-20-13-12-19(25)15-22(20)32(29,30)27-23/h6-10,12-13,15,18H,11,14,16H2,1-5H3,(H,26,27). The summed E-state index contributed by atoms with van der Waals surface area (Å²) in [6.07, 6.45) is 0.663. The summed E-state index contributed by atoms with van der Waals surface area (Å²) in [6.45, 7) is 11.5. The summed E-state index contributed by atoms with van der Waals surface area (Å²) in [7, 11) is -5.96. The Bertz CT molecular complexity index is 1160. The third kappa shape index (κ3) is 6.12. The van der Waals surface area contributed by atoms with Crippen molar-refractivity contribution in [2.45, 2.75) is 62.6 Å². The highest BCUT2D eigenvalue weighted by Gasteiger charge is 2.38.